The van der Waals surface area contributed by atoms with Gasteiger partial charge >= 0.3 is 24.0 Å². The van der Waals surface area contributed by atoms with E-state index in [1.165, 1.54) is 0 Å². The van der Waals surface area contributed by atoms with Crippen LogP contribution < -0.4 is 11.1 Å². The van der Waals surface area contributed by atoms with Gasteiger partial charge in [-0.05, 0) is 97.8 Å². The molecule has 0 heterocycles. The number of carbonyl (C=O) groups excluding carboxylic acids is 7. The number of rotatable bonds is 13. The summed E-state index contributed by atoms with van der Waals surface area (Å²) in [4.78, 5) is 88.6. The molecule has 0 saturated heterocycles. The number of hydrogen-bond donors (Lipinski definition) is 2. The van der Waals surface area contributed by atoms with Gasteiger partial charge in [-0.15, -0.1) is 12.4 Å². The number of hydrogen-bond acceptors (Lipinski definition) is 13. The first kappa shape index (κ1) is 57.2. The molecule has 5 rings (SSSR count). The Labute approximate surface area is 397 Å². The molecule has 0 aromatic heterocycles. The number of Topliss-reactive ketones (excluding diaryl/α,β-unsaturated/α-hetero) is 3. The summed E-state index contributed by atoms with van der Waals surface area (Å²) in [7, 11) is 0. The zero-order chi connectivity index (χ0) is 47.8. The van der Waals surface area contributed by atoms with Crippen molar-refractivity contribution < 1.29 is 52.5 Å². The molecule has 3 aliphatic rings. The molecule has 366 valence electrons. The van der Waals surface area contributed by atoms with Gasteiger partial charge in [-0.1, -0.05) is 79.9 Å². The molecule has 2 aromatic rings. The maximum Gasteiger partial charge on any atom is 0.408 e. The van der Waals surface area contributed by atoms with E-state index in [0.717, 1.165) is 68.2 Å². The zero-order valence-corrected chi connectivity index (χ0v) is 40.7. The van der Waals surface area contributed by atoms with Gasteiger partial charge < -0.3 is 30.0 Å². The number of nitrogens with zero attached hydrogens (tertiary/aromatic N) is 1. The second-order valence-electron chi connectivity index (χ2n) is 17.8. The Morgan fingerprint density at radius 2 is 1.03 bits per heavy atom. The molecule has 14 nitrogen and oxygen atoms in total. The van der Waals surface area contributed by atoms with Crippen LogP contribution in [-0.4, -0.2) is 90.6 Å². The average molecular weight is 941 g/mol. The van der Waals surface area contributed by atoms with E-state index < -0.39 is 35.8 Å². The normalized spacial score (nSPS) is 20.1. The Kier molecular flexibility index (Phi) is 26.3. The number of esters is 3. The number of nitrogens with two attached hydrogens (primary N) is 1. The second-order valence-corrected chi connectivity index (χ2v) is 17.8. The van der Waals surface area contributed by atoms with Gasteiger partial charge in [-0.3, -0.25) is 24.2 Å². The minimum absolute atomic E-state index is 0. The minimum Gasteiger partial charge on any atom is -0.465 e. The lowest BCUT2D eigenvalue weighted by atomic mass is 9.91. The van der Waals surface area contributed by atoms with Gasteiger partial charge in [-0.2, -0.15) is 0 Å². The highest BCUT2D eigenvalue weighted by Crippen LogP contribution is 2.29. The molecule has 6 atom stereocenters. The van der Waals surface area contributed by atoms with Crippen LogP contribution in [0.4, 0.5) is 4.79 Å². The fraction of sp³-hybridized carbons (Fsp3) is 0.608. The van der Waals surface area contributed by atoms with E-state index in [1.54, 1.807) is 41.5 Å². The SMILES string of the molecule is CCOC(=O)[C@@H](N)[C@H]1CCCCC(=O)C1.CCOC(=O)[C@@H](N=C(c1ccccc1)c1ccccc1)[C@H]1CCCCC(=O)C1.CCOC(=O)[C@@H](NC(=O)OC(C)(C)C)[C@H]1CCCCC(=O)C1.Cl. The summed E-state index contributed by atoms with van der Waals surface area (Å²) in [6.07, 6.45) is 10.0. The zero-order valence-electron chi connectivity index (χ0n) is 39.9. The molecule has 3 aliphatic carbocycles. The fourth-order valence-corrected chi connectivity index (χ4v) is 8.23. The van der Waals surface area contributed by atoms with Crippen molar-refractivity contribution in [2.24, 2.45) is 28.5 Å². The van der Waals surface area contributed by atoms with Crippen LogP contribution >= 0.6 is 12.4 Å². The van der Waals surface area contributed by atoms with E-state index in [9.17, 15) is 33.6 Å². The summed E-state index contributed by atoms with van der Waals surface area (Å²) < 4.78 is 20.5. The van der Waals surface area contributed by atoms with Gasteiger partial charge in [-0.25, -0.2) is 14.4 Å². The largest absolute Gasteiger partial charge is 0.465 e. The van der Waals surface area contributed by atoms with E-state index in [-0.39, 0.29) is 66.1 Å². The summed E-state index contributed by atoms with van der Waals surface area (Å²) in [6, 6.07) is 17.6. The fourth-order valence-electron chi connectivity index (χ4n) is 8.23. The monoisotopic (exact) mass is 940 g/mol. The van der Waals surface area contributed by atoms with Crippen molar-refractivity contribution >= 4 is 59.5 Å². The lowest BCUT2D eigenvalue weighted by Crippen LogP contribution is -2.48. The minimum atomic E-state index is -0.836. The van der Waals surface area contributed by atoms with Crippen LogP contribution in [0.2, 0.25) is 0 Å². The third-order valence-corrected chi connectivity index (χ3v) is 11.4. The molecule has 0 spiro atoms. The van der Waals surface area contributed by atoms with Crippen LogP contribution in [-0.2, 0) is 47.7 Å². The second kappa shape index (κ2) is 30.4. The predicted molar refractivity (Wildman–Crippen MR) is 255 cm³/mol. The van der Waals surface area contributed by atoms with Crippen molar-refractivity contribution in [2.75, 3.05) is 19.8 Å². The molecule has 3 fully saturated rings. The molecule has 1 amide bonds. The van der Waals surface area contributed by atoms with Gasteiger partial charge in [0.2, 0.25) is 0 Å². The quantitative estimate of drug-likeness (QED) is 0.0838. The maximum atomic E-state index is 12.8. The Balaban J connectivity index is 0.000000354. The Morgan fingerprint density at radius 1 is 0.621 bits per heavy atom. The molecule has 66 heavy (non-hydrogen) atoms. The molecule has 0 bridgehead atoms. The van der Waals surface area contributed by atoms with Crippen molar-refractivity contribution in [3.05, 3.63) is 71.8 Å². The summed E-state index contributed by atoms with van der Waals surface area (Å²) >= 11 is 0. The van der Waals surface area contributed by atoms with Crippen LogP contribution in [0.5, 0.6) is 0 Å². The van der Waals surface area contributed by atoms with Crippen LogP contribution in [0.25, 0.3) is 0 Å². The summed E-state index contributed by atoms with van der Waals surface area (Å²) in [5.41, 5.74) is 7.79. The Bertz CT molecular complexity index is 1830. The molecule has 3 saturated carbocycles. The van der Waals surface area contributed by atoms with E-state index >= 15 is 0 Å². The number of amides is 1. The smallest absolute Gasteiger partial charge is 0.408 e. The first-order chi connectivity index (χ1) is 31.1. The Hall–Kier alpha value is -4.95. The highest BCUT2D eigenvalue weighted by atomic mass is 35.5. The molecule has 0 radical (unpaired) electrons. The topological polar surface area (TPSA) is 207 Å². The predicted octanol–water partition coefficient (Wildman–Crippen LogP) is 8.65. The van der Waals surface area contributed by atoms with Crippen molar-refractivity contribution in [1.29, 1.82) is 0 Å². The van der Waals surface area contributed by atoms with E-state index in [1.807, 2.05) is 60.7 Å². The van der Waals surface area contributed by atoms with Gasteiger partial charge in [0.15, 0.2) is 6.04 Å². The van der Waals surface area contributed by atoms with Gasteiger partial charge in [0.1, 0.15) is 35.0 Å². The van der Waals surface area contributed by atoms with Crippen LogP contribution in [0.15, 0.2) is 65.7 Å². The van der Waals surface area contributed by atoms with E-state index in [2.05, 4.69) is 5.32 Å². The molecule has 0 unspecified atom stereocenters. The first-order valence-electron chi connectivity index (χ1n) is 23.5. The molecular weight excluding hydrogens is 866 g/mol. The van der Waals surface area contributed by atoms with Crippen molar-refractivity contribution in [1.82, 2.24) is 5.32 Å². The highest BCUT2D eigenvalue weighted by molar-refractivity contribution is 6.13. The van der Waals surface area contributed by atoms with Crippen molar-refractivity contribution in [3.63, 3.8) is 0 Å². The molecule has 3 N–H and O–H groups in total. The van der Waals surface area contributed by atoms with E-state index in [0.29, 0.717) is 58.2 Å². The lowest BCUT2D eigenvalue weighted by molar-refractivity contribution is -0.148. The third kappa shape index (κ3) is 20.7. The van der Waals surface area contributed by atoms with Crippen LogP contribution in [0.3, 0.4) is 0 Å². The number of nitrogens with one attached hydrogen (secondary N) is 1. The summed E-state index contributed by atoms with van der Waals surface area (Å²) in [5.74, 6) is -1.04. The molecule has 2 aromatic carbocycles. The highest BCUT2D eigenvalue weighted by Gasteiger charge is 2.36. The standard InChI is InChI=1S/C24H27NO3.C16H27NO5.C11H19NO3.ClH/c1-2-28-24(27)23(20-15-9-10-16-21(26)17-20)25-22(18-11-5-3-6-12-18)19-13-7-4-8-14-19;1-5-21-14(19)13(17-15(20)22-16(2,3)4)11-8-6-7-9-12(18)10-11;1-2-15-11(14)10(12)8-5-3-4-6-9(13)7-8;/h3-8,11-14,20,23H,2,9-10,15-17H2,1H3;11,13H,5-10H2,1-4H3,(H,17,20);8,10H,2-7,12H2,1H3;1H/t20-,23-;11-,13-;8-,10-;/m000./s1. The van der Waals surface area contributed by atoms with Crippen molar-refractivity contribution in [2.45, 2.75) is 162 Å². The molecule has 0 aliphatic heterocycles. The van der Waals surface area contributed by atoms with Gasteiger partial charge in [0, 0.05) is 49.7 Å². The third-order valence-electron chi connectivity index (χ3n) is 11.4. The summed E-state index contributed by atoms with van der Waals surface area (Å²) in [5, 5.41) is 2.59. The Morgan fingerprint density at radius 3 is 1.50 bits per heavy atom. The van der Waals surface area contributed by atoms with Crippen LogP contribution in [0.1, 0.15) is 149 Å². The molecule has 15 heteroatoms. The number of halogens is 1. The van der Waals surface area contributed by atoms with Gasteiger partial charge in [0.25, 0.3) is 0 Å². The number of alkyl carbamates (subject to hydrolysis) is 1. The number of benzene rings is 2. The summed E-state index contributed by atoms with van der Waals surface area (Å²) in [6.45, 7) is 11.4. The van der Waals surface area contributed by atoms with Gasteiger partial charge in [0.05, 0.1) is 25.5 Å². The number of aliphatic imine (C=N–C) groups is 1. The number of ketones is 3. The van der Waals surface area contributed by atoms with Crippen LogP contribution in [0, 0.1) is 17.8 Å². The maximum absolute atomic E-state index is 12.8. The first-order valence-corrected chi connectivity index (χ1v) is 23.5. The molecular formula is C51H74ClN3O11. The number of carbonyl (C=O) groups is 7. The lowest BCUT2D eigenvalue weighted by Gasteiger charge is -2.27. The number of ether oxygens (including phenoxy) is 4. The van der Waals surface area contributed by atoms with E-state index in [4.69, 9.17) is 29.7 Å². The average Bonchev–Trinajstić information content (AvgIpc) is 3.73. The van der Waals surface area contributed by atoms with Crippen molar-refractivity contribution in [3.8, 4) is 0 Å².